The van der Waals surface area contributed by atoms with Crippen molar-refractivity contribution in [2.24, 2.45) is 0 Å². The maximum Gasteiger partial charge on any atom is 0.243 e. The highest BCUT2D eigenvalue weighted by molar-refractivity contribution is 9.10. The van der Waals surface area contributed by atoms with Crippen LogP contribution in [0.4, 0.5) is 4.39 Å². The fraction of sp³-hybridized carbons (Fsp3) is 0.500. The van der Waals surface area contributed by atoms with Crippen molar-refractivity contribution >= 4 is 26.0 Å². The first-order valence-electron chi connectivity index (χ1n) is 5.89. The summed E-state index contributed by atoms with van der Waals surface area (Å²) < 4.78 is 45.4. The van der Waals surface area contributed by atoms with E-state index in [1.807, 2.05) is 13.8 Å². The van der Waals surface area contributed by atoms with Crippen LogP contribution in [-0.4, -0.2) is 27.7 Å². The van der Waals surface area contributed by atoms with Gasteiger partial charge < -0.3 is 4.74 Å². The number of rotatable bonds is 7. The van der Waals surface area contributed by atoms with Gasteiger partial charge in [0.2, 0.25) is 10.0 Å². The van der Waals surface area contributed by atoms with Crippen molar-refractivity contribution in [1.29, 1.82) is 0 Å². The molecule has 0 saturated heterocycles. The fourth-order valence-electron chi connectivity index (χ4n) is 1.37. The molecule has 4 nitrogen and oxygen atoms in total. The van der Waals surface area contributed by atoms with Crippen LogP contribution in [0.5, 0.6) is 0 Å². The van der Waals surface area contributed by atoms with Crippen LogP contribution in [0.15, 0.2) is 27.6 Å². The molecular formula is C12H17BrFNO3S. The highest BCUT2D eigenvalue weighted by Crippen LogP contribution is 2.19. The van der Waals surface area contributed by atoms with E-state index >= 15 is 0 Å². The van der Waals surface area contributed by atoms with Gasteiger partial charge in [-0.2, -0.15) is 0 Å². The standard InChI is InChI=1S/C12H17BrFNO3S/c1-9(2)18-7-3-6-15-19(16,17)12-5-4-10(13)8-11(12)14/h4-5,8-9,15H,3,6-7H2,1-2H3. The molecule has 1 N–H and O–H groups in total. The molecule has 1 aromatic carbocycles. The van der Waals surface area contributed by atoms with Crippen LogP contribution in [0.2, 0.25) is 0 Å². The van der Waals surface area contributed by atoms with Gasteiger partial charge in [-0.05, 0) is 38.5 Å². The van der Waals surface area contributed by atoms with E-state index in [9.17, 15) is 12.8 Å². The van der Waals surface area contributed by atoms with Gasteiger partial charge in [0.05, 0.1) is 6.10 Å². The summed E-state index contributed by atoms with van der Waals surface area (Å²) >= 11 is 3.08. The van der Waals surface area contributed by atoms with E-state index in [0.29, 0.717) is 17.5 Å². The molecule has 0 spiro atoms. The average Bonchev–Trinajstić information content (AvgIpc) is 2.27. The second-order valence-electron chi connectivity index (χ2n) is 4.25. The molecule has 0 fully saturated rings. The Labute approximate surface area is 121 Å². The molecule has 108 valence electrons. The third-order valence-corrected chi connectivity index (χ3v) is 4.24. The Bertz CT molecular complexity index is 520. The van der Waals surface area contributed by atoms with Crippen molar-refractivity contribution in [3.8, 4) is 0 Å². The molecular weight excluding hydrogens is 337 g/mol. The van der Waals surface area contributed by atoms with Crippen LogP contribution >= 0.6 is 15.9 Å². The quantitative estimate of drug-likeness (QED) is 0.766. The molecule has 0 aliphatic carbocycles. The summed E-state index contributed by atoms with van der Waals surface area (Å²) in [5.74, 6) is -0.777. The first-order valence-corrected chi connectivity index (χ1v) is 8.17. The minimum Gasteiger partial charge on any atom is -0.379 e. The molecule has 0 radical (unpaired) electrons. The van der Waals surface area contributed by atoms with Gasteiger partial charge in [0.25, 0.3) is 0 Å². The second kappa shape index (κ2) is 7.33. The molecule has 0 amide bonds. The maximum absolute atomic E-state index is 13.6. The first kappa shape index (κ1) is 16.6. The normalized spacial score (nSPS) is 12.1. The van der Waals surface area contributed by atoms with E-state index in [4.69, 9.17) is 4.74 Å². The van der Waals surface area contributed by atoms with E-state index in [1.165, 1.54) is 12.1 Å². The van der Waals surface area contributed by atoms with Crippen LogP contribution in [0, 0.1) is 5.82 Å². The van der Waals surface area contributed by atoms with Gasteiger partial charge in [-0.25, -0.2) is 17.5 Å². The number of hydrogen-bond donors (Lipinski definition) is 1. The van der Waals surface area contributed by atoms with Gasteiger partial charge >= 0.3 is 0 Å². The number of hydrogen-bond acceptors (Lipinski definition) is 3. The summed E-state index contributed by atoms with van der Waals surface area (Å²) in [5.41, 5.74) is 0. The third kappa shape index (κ3) is 5.56. The average molecular weight is 354 g/mol. The summed E-state index contributed by atoms with van der Waals surface area (Å²) in [6.45, 7) is 4.48. The highest BCUT2D eigenvalue weighted by Gasteiger charge is 2.18. The molecule has 7 heteroatoms. The van der Waals surface area contributed by atoms with E-state index in [1.54, 1.807) is 0 Å². The second-order valence-corrected chi connectivity index (χ2v) is 6.90. The van der Waals surface area contributed by atoms with Crippen LogP contribution in [0.3, 0.4) is 0 Å². The molecule has 0 aliphatic heterocycles. The van der Waals surface area contributed by atoms with Gasteiger partial charge in [0.15, 0.2) is 0 Å². The van der Waals surface area contributed by atoms with Crippen molar-refractivity contribution in [3.05, 3.63) is 28.5 Å². The summed E-state index contributed by atoms with van der Waals surface area (Å²) in [5, 5.41) is 0. The van der Waals surface area contributed by atoms with Gasteiger partial charge in [-0.15, -0.1) is 0 Å². The van der Waals surface area contributed by atoms with Crippen LogP contribution < -0.4 is 4.72 Å². The van der Waals surface area contributed by atoms with Crippen LogP contribution in [-0.2, 0) is 14.8 Å². The van der Waals surface area contributed by atoms with E-state index in [-0.39, 0.29) is 17.5 Å². The Morgan fingerprint density at radius 1 is 1.42 bits per heavy atom. The van der Waals surface area contributed by atoms with E-state index in [0.717, 1.165) is 6.07 Å². The van der Waals surface area contributed by atoms with E-state index < -0.39 is 15.8 Å². The number of sulfonamides is 1. The zero-order valence-corrected chi connectivity index (χ0v) is 13.2. The molecule has 0 saturated carbocycles. The predicted molar refractivity (Wildman–Crippen MR) is 75.0 cm³/mol. The zero-order chi connectivity index (χ0) is 14.5. The Balaban J connectivity index is 2.56. The van der Waals surface area contributed by atoms with Crippen molar-refractivity contribution < 1.29 is 17.5 Å². The number of ether oxygens (including phenoxy) is 1. The lowest BCUT2D eigenvalue weighted by atomic mass is 10.3. The first-order chi connectivity index (χ1) is 8.83. The van der Waals surface area contributed by atoms with Crippen molar-refractivity contribution in [1.82, 2.24) is 4.72 Å². The van der Waals surface area contributed by atoms with E-state index in [2.05, 4.69) is 20.7 Å². The van der Waals surface area contributed by atoms with Crippen molar-refractivity contribution in [3.63, 3.8) is 0 Å². The Kier molecular flexibility index (Phi) is 6.38. The number of halogens is 2. The molecule has 0 heterocycles. The highest BCUT2D eigenvalue weighted by atomic mass is 79.9. The molecule has 0 unspecified atom stereocenters. The molecule has 0 aromatic heterocycles. The molecule has 0 aliphatic rings. The van der Waals surface area contributed by atoms with Crippen molar-refractivity contribution in [2.45, 2.75) is 31.3 Å². The lowest BCUT2D eigenvalue weighted by Gasteiger charge is -2.09. The monoisotopic (exact) mass is 353 g/mol. The van der Waals surface area contributed by atoms with Gasteiger partial charge in [-0.3, -0.25) is 0 Å². The molecule has 1 aromatic rings. The largest absolute Gasteiger partial charge is 0.379 e. The van der Waals surface area contributed by atoms with Crippen LogP contribution in [0.1, 0.15) is 20.3 Å². The SMILES string of the molecule is CC(C)OCCCNS(=O)(=O)c1ccc(Br)cc1F. The minimum atomic E-state index is -3.81. The molecule has 1 rings (SSSR count). The predicted octanol–water partition coefficient (Wildman–Crippen LogP) is 2.68. The molecule has 0 bridgehead atoms. The number of benzene rings is 1. The maximum atomic E-state index is 13.6. The summed E-state index contributed by atoms with van der Waals surface area (Å²) in [6, 6.07) is 3.84. The Morgan fingerprint density at radius 2 is 2.11 bits per heavy atom. The van der Waals surface area contributed by atoms with Gasteiger partial charge in [0.1, 0.15) is 10.7 Å². The minimum absolute atomic E-state index is 0.112. The Hall–Kier alpha value is -0.500. The zero-order valence-electron chi connectivity index (χ0n) is 10.8. The van der Waals surface area contributed by atoms with Gasteiger partial charge in [0, 0.05) is 17.6 Å². The summed E-state index contributed by atoms with van der Waals surface area (Å²) in [7, 11) is -3.81. The third-order valence-electron chi connectivity index (χ3n) is 2.25. The van der Waals surface area contributed by atoms with Crippen LogP contribution in [0.25, 0.3) is 0 Å². The lowest BCUT2D eigenvalue weighted by Crippen LogP contribution is -2.26. The lowest BCUT2D eigenvalue weighted by molar-refractivity contribution is 0.0778. The van der Waals surface area contributed by atoms with Gasteiger partial charge in [-0.1, -0.05) is 15.9 Å². The summed E-state index contributed by atoms with van der Waals surface area (Å²) in [4.78, 5) is -0.347. The number of nitrogens with one attached hydrogen (secondary N) is 1. The molecule has 0 atom stereocenters. The topological polar surface area (TPSA) is 55.4 Å². The fourth-order valence-corrected chi connectivity index (χ4v) is 2.83. The molecule has 19 heavy (non-hydrogen) atoms. The summed E-state index contributed by atoms with van der Waals surface area (Å²) in [6.07, 6.45) is 0.649. The Morgan fingerprint density at radius 3 is 2.68 bits per heavy atom. The smallest absolute Gasteiger partial charge is 0.243 e. The van der Waals surface area contributed by atoms with Crippen molar-refractivity contribution in [2.75, 3.05) is 13.2 Å².